The Hall–Kier alpha value is -0.770. The molecule has 2 heterocycles. The van der Waals surface area contributed by atoms with Crippen molar-refractivity contribution in [3.05, 3.63) is 17.6 Å². The van der Waals surface area contributed by atoms with E-state index in [0.717, 1.165) is 29.1 Å². The van der Waals surface area contributed by atoms with Crippen molar-refractivity contribution in [2.45, 2.75) is 51.2 Å². The zero-order valence-corrected chi connectivity index (χ0v) is 12.4. The van der Waals surface area contributed by atoms with Gasteiger partial charge < -0.3 is 5.32 Å². The minimum absolute atomic E-state index is 0.384. The van der Waals surface area contributed by atoms with E-state index in [-0.39, 0.29) is 0 Å². The van der Waals surface area contributed by atoms with E-state index < -0.39 is 0 Å². The molecular weight excluding hydrogens is 242 g/mol. The topological polar surface area (TPSA) is 37.8 Å². The highest BCUT2D eigenvalue weighted by molar-refractivity contribution is 7.99. The molecule has 0 bridgehead atoms. The summed E-state index contributed by atoms with van der Waals surface area (Å²) in [6, 6.07) is 2.04. The molecule has 0 radical (unpaired) electrons. The smallest absolute Gasteiger partial charge is 0.133 e. The van der Waals surface area contributed by atoms with Crippen molar-refractivity contribution >= 4 is 17.6 Å². The number of nitrogens with one attached hydrogen (secondary N) is 1. The monoisotopic (exact) mass is 265 g/mol. The fraction of sp³-hybridized carbons (Fsp3) is 0.714. The van der Waals surface area contributed by atoms with Crippen LogP contribution in [-0.2, 0) is 0 Å². The molecule has 3 nitrogen and oxygen atoms in total. The number of rotatable bonds is 4. The van der Waals surface area contributed by atoms with Crippen LogP contribution in [0.25, 0.3) is 0 Å². The summed E-state index contributed by atoms with van der Waals surface area (Å²) >= 11 is 2.09. The minimum Gasteiger partial charge on any atom is -0.369 e. The van der Waals surface area contributed by atoms with Crippen LogP contribution >= 0.6 is 11.8 Å². The van der Waals surface area contributed by atoms with E-state index in [1.54, 1.807) is 0 Å². The first kappa shape index (κ1) is 13.7. The summed E-state index contributed by atoms with van der Waals surface area (Å²) in [6.07, 6.45) is 4.09. The van der Waals surface area contributed by atoms with Gasteiger partial charge >= 0.3 is 0 Å². The third-order valence-electron chi connectivity index (χ3n) is 3.17. The van der Waals surface area contributed by atoms with E-state index in [4.69, 9.17) is 0 Å². The van der Waals surface area contributed by atoms with Crippen LogP contribution in [0.2, 0.25) is 0 Å². The summed E-state index contributed by atoms with van der Waals surface area (Å²) in [5, 5.41) is 4.23. The molecular formula is C14H23N3S. The van der Waals surface area contributed by atoms with Gasteiger partial charge in [-0.3, -0.25) is 0 Å². The molecule has 1 saturated heterocycles. The second-order valence-electron chi connectivity index (χ2n) is 5.28. The Balaban J connectivity index is 1.95. The maximum absolute atomic E-state index is 4.59. The lowest BCUT2D eigenvalue weighted by Crippen LogP contribution is -2.20. The fourth-order valence-electron chi connectivity index (χ4n) is 2.13. The zero-order chi connectivity index (χ0) is 13.0. The molecule has 100 valence electrons. The highest BCUT2D eigenvalue weighted by atomic mass is 32.2. The Morgan fingerprint density at radius 1 is 1.39 bits per heavy atom. The average Bonchev–Trinajstić information content (AvgIpc) is 2.37. The first-order valence-electron chi connectivity index (χ1n) is 6.86. The van der Waals surface area contributed by atoms with Gasteiger partial charge in [0.25, 0.3) is 0 Å². The molecule has 0 aromatic carbocycles. The van der Waals surface area contributed by atoms with Gasteiger partial charge in [-0.1, -0.05) is 20.3 Å². The van der Waals surface area contributed by atoms with Gasteiger partial charge in [0.1, 0.15) is 11.6 Å². The van der Waals surface area contributed by atoms with Crippen LogP contribution in [0.5, 0.6) is 0 Å². The predicted molar refractivity (Wildman–Crippen MR) is 79.4 cm³/mol. The predicted octanol–water partition coefficient (Wildman–Crippen LogP) is 3.61. The van der Waals surface area contributed by atoms with Crippen LogP contribution < -0.4 is 5.32 Å². The summed E-state index contributed by atoms with van der Waals surface area (Å²) in [5.41, 5.74) is 1.05. The molecule has 1 N–H and O–H groups in total. The van der Waals surface area contributed by atoms with E-state index in [9.17, 15) is 0 Å². The second kappa shape index (κ2) is 6.41. The van der Waals surface area contributed by atoms with Gasteiger partial charge in [-0.2, -0.15) is 11.8 Å². The highest BCUT2D eigenvalue weighted by Gasteiger charge is 2.14. The Labute approximate surface area is 114 Å². The third kappa shape index (κ3) is 3.87. The maximum atomic E-state index is 4.59. The van der Waals surface area contributed by atoms with Crippen molar-refractivity contribution in [2.24, 2.45) is 0 Å². The lowest BCUT2D eigenvalue weighted by molar-refractivity contribution is 0.676. The molecule has 0 saturated carbocycles. The lowest BCUT2D eigenvalue weighted by Gasteiger charge is -2.21. The molecule has 0 spiro atoms. The number of thioether (sulfide) groups is 1. The number of hydrogen-bond donors (Lipinski definition) is 1. The first-order valence-corrected chi connectivity index (χ1v) is 7.91. The molecule has 0 aliphatic carbocycles. The van der Waals surface area contributed by atoms with Gasteiger partial charge in [-0.15, -0.1) is 0 Å². The molecule has 18 heavy (non-hydrogen) atoms. The molecule has 1 unspecified atom stereocenters. The second-order valence-corrected chi connectivity index (χ2v) is 6.69. The molecule has 0 amide bonds. The zero-order valence-electron chi connectivity index (χ0n) is 11.6. The molecule has 1 fully saturated rings. The van der Waals surface area contributed by atoms with E-state index in [1.807, 2.05) is 13.0 Å². The average molecular weight is 265 g/mol. The molecule has 1 aliphatic heterocycles. The Morgan fingerprint density at radius 3 is 2.89 bits per heavy atom. The largest absolute Gasteiger partial charge is 0.369 e. The van der Waals surface area contributed by atoms with Crippen molar-refractivity contribution in [1.82, 2.24) is 9.97 Å². The first-order chi connectivity index (χ1) is 8.65. The summed E-state index contributed by atoms with van der Waals surface area (Å²) in [4.78, 5) is 9.06. The van der Waals surface area contributed by atoms with Crippen molar-refractivity contribution in [3.8, 4) is 0 Å². The summed E-state index contributed by atoms with van der Waals surface area (Å²) < 4.78 is 0. The van der Waals surface area contributed by atoms with Crippen LogP contribution in [-0.4, -0.2) is 27.5 Å². The lowest BCUT2D eigenvalue weighted by atomic mass is 10.2. The van der Waals surface area contributed by atoms with Crippen LogP contribution in [0.15, 0.2) is 6.07 Å². The summed E-state index contributed by atoms with van der Waals surface area (Å²) in [5.74, 6) is 3.62. The van der Waals surface area contributed by atoms with E-state index in [2.05, 4.69) is 40.9 Å². The van der Waals surface area contributed by atoms with Gasteiger partial charge in [-0.25, -0.2) is 9.97 Å². The Morgan fingerprint density at radius 2 is 2.22 bits per heavy atom. The van der Waals surface area contributed by atoms with Gasteiger partial charge in [0.2, 0.25) is 0 Å². The van der Waals surface area contributed by atoms with Crippen LogP contribution in [0, 0.1) is 6.92 Å². The van der Waals surface area contributed by atoms with Crippen molar-refractivity contribution in [2.75, 3.05) is 17.6 Å². The quantitative estimate of drug-likeness (QED) is 0.902. The molecule has 2 rings (SSSR count). The maximum Gasteiger partial charge on any atom is 0.133 e. The third-order valence-corrected chi connectivity index (χ3v) is 4.57. The molecule has 4 heteroatoms. The van der Waals surface area contributed by atoms with Gasteiger partial charge in [-0.05, 0) is 25.5 Å². The SMILES string of the molecule is Cc1cc(NCC2CCCCS2)nc(C(C)C)n1. The van der Waals surface area contributed by atoms with Crippen LogP contribution in [0.3, 0.4) is 0 Å². The molecule has 1 aromatic rings. The van der Waals surface area contributed by atoms with Gasteiger partial charge in [0, 0.05) is 29.5 Å². The number of aromatic nitrogens is 2. The summed E-state index contributed by atoms with van der Waals surface area (Å²) in [7, 11) is 0. The molecule has 1 aliphatic rings. The van der Waals surface area contributed by atoms with Crippen molar-refractivity contribution < 1.29 is 0 Å². The van der Waals surface area contributed by atoms with Gasteiger partial charge in [0.05, 0.1) is 0 Å². The number of anilines is 1. The minimum atomic E-state index is 0.384. The highest BCUT2D eigenvalue weighted by Crippen LogP contribution is 2.25. The van der Waals surface area contributed by atoms with Gasteiger partial charge in [0.15, 0.2) is 0 Å². The van der Waals surface area contributed by atoms with Crippen molar-refractivity contribution in [3.63, 3.8) is 0 Å². The fourth-order valence-corrected chi connectivity index (χ4v) is 3.37. The number of hydrogen-bond acceptors (Lipinski definition) is 4. The molecule has 1 aromatic heterocycles. The summed E-state index contributed by atoms with van der Waals surface area (Å²) in [6.45, 7) is 7.33. The van der Waals surface area contributed by atoms with Crippen molar-refractivity contribution in [1.29, 1.82) is 0 Å². The standard InChI is InChI=1S/C14H23N3S/c1-10(2)14-16-11(3)8-13(17-14)15-9-12-6-4-5-7-18-12/h8,10,12H,4-7,9H2,1-3H3,(H,15,16,17). The van der Waals surface area contributed by atoms with Crippen LogP contribution in [0.1, 0.15) is 50.5 Å². The van der Waals surface area contributed by atoms with E-state index >= 15 is 0 Å². The Kier molecular flexibility index (Phi) is 4.87. The number of aryl methyl sites for hydroxylation is 1. The number of nitrogens with zero attached hydrogens (tertiary/aromatic N) is 2. The van der Waals surface area contributed by atoms with E-state index in [0.29, 0.717) is 5.92 Å². The molecule has 1 atom stereocenters. The Bertz CT molecular complexity index is 387. The van der Waals surface area contributed by atoms with E-state index in [1.165, 1.54) is 25.0 Å². The van der Waals surface area contributed by atoms with Crippen LogP contribution in [0.4, 0.5) is 5.82 Å². The normalized spacial score (nSPS) is 20.1.